The minimum Gasteiger partial charge on any atom is -0.500 e. The number of para-hydroxylation sites is 4. The summed E-state index contributed by atoms with van der Waals surface area (Å²) in [6, 6.07) is 53.8. The number of halogens is 5. The smallest absolute Gasteiger partial charge is 0.123 e. The van der Waals surface area contributed by atoms with E-state index in [4.69, 9.17) is 0 Å². The molecule has 0 fully saturated rings. The topological polar surface area (TPSA) is 25.9 Å². The van der Waals surface area contributed by atoms with Crippen molar-refractivity contribution in [1.82, 2.24) is 4.90 Å². The van der Waals surface area contributed by atoms with Crippen molar-refractivity contribution >= 4 is 56.9 Å². The van der Waals surface area contributed by atoms with Gasteiger partial charge in [0.2, 0.25) is 0 Å². The molecule has 0 aromatic heterocycles. The van der Waals surface area contributed by atoms with Crippen LogP contribution in [0.25, 0.3) is 0 Å². The van der Waals surface area contributed by atoms with Crippen LogP contribution in [0, 0.1) is 48.7 Å². The first-order valence-corrected chi connectivity index (χ1v) is 24.9. The zero-order chi connectivity index (χ0) is 51.5. The Hall–Kier alpha value is -8.06. The van der Waals surface area contributed by atoms with Crippen molar-refractivity contribution < 1.29 is 42.1 Å². The van der Waals surface area contributed by atoms with Crippen LogP contribution in [0.5, 0.6) is 0 Å². The molecule has 0 saturated heterocycles. The van der Waals surface area contributed by atoms with Crippen LogP contribution in [0.4, 0.5) is 78.8 Å². The molecule has 7 aliphatic heterocycles. The number of rotatable bonds is 3. The summed E-state index contributed by atoms with van der Waals surface area (Å²) >= 11 is 0. The van der Waals surface area contributed by atoms with Gasteiger partial charge < -0.3 is 39.2 Å². The van der Waals surface area contributed by atoms with Crippen LogP contribution in [0.1, 0.15) is 22.3 Å². The Morgan fingerprint density at radius 3 is 1.54 bits per heavy atom. The molecule has 8 aromatic carbocycles. The summed E-state index contributed by atoms with van der Waals surface area (Å²) in [5.41, 5.74) is 15.2. The standard InChI is InChI=1S/C20H14F2N2.C16H13FN2.C15H13FN2.C11H11FN2.Ir/c21-14-5-8-16(9-6-14)23-18-3-1-2-4-19(18)24-17-10-7-15(22)11-13(17)12-20(23)24;1-13-2-6-15(7-3-13)18-10-11-19(12-18)16-8-4-14(17)5-9-16;1-17-13-4-2-3-5-14(13)18-12-7-6-11(16)8-10(12)9-15(17)18;1-13-4-5-14-10-3-2-9(12)6-8(10)7-11(13)14;/h1-11,20H,12H2;2-8,10-12H,1H3;2-8,15H,9H2,1H3;2-6,11H,7H2,1H3;/q;-2;;;. The van der Waals surface area contributed by atoms with Crippen LogP contribution >= 0.6 is 0 Å². The van der Waals surface area contributed by atoms with Crippen molar-refractivity contribution in [3.05, 3.63) is 259 Å². The summed E-state index contributed by atoms with van der Waals surface area (Å²) in [4.78, 5) is 17.3. The number of anilines is 10. The van der Waals surface area contributed by atoms with Gasteiger partial charge in [0.15, 0.2) is 0 Å². The Morgan fingerprint density at radius 1 is 0.434 bits per heavy atom. The van der Waals surface area contributed by atoms with E-state index < -0.39 is 0 Å². The maximum absolute atomic E-state index is 13.6. The van der Waals surface area contributed by atoms with Gasteiger partial charge in [-0.1, -0.05) is 42.0 Å². The molecule has 7 aliphatic rings. The van der Waals surface area contributed by atoms with Crippen molar-refractivity contribution in [2.75, 3.05) is 48.4 Å². The van der Waals surface area contributed by atoms with Crippen molar-refractivity contribution in [3.8, 4) is 0 Å². The summed E-state index contributed by atoms with van der Waals surface area (Å²) in [5.74, 6) is -1.03. The van der Waals surface area contributed by atoms with E-state index in [0.29, 0.717) is 12.3 Å². The van der Waals surface area contributed by atoms with E-state index >= 15 is 0 Å². The first-order valence-electron chi connectivity index (χ1n) is 24.9. The summed E-state index contributed by atoms with van der Waals surface area (Å²) in [6.07, 6.45) is 11.2. The molecule has 0 spiro atoms. The maximum atomic E-state index is 13.6. The molecular formula is C62H51F5IrN8-2. The zero-order valence-electron chi connectivity index (χ0n) is 41.7. The van der Waals surface area contributed by atoms with Gasteiger partial charge in [0, 0.05) is 100 Å². The molecule has 0 N–H and O–H groups in total. The minimum absolute atomic E-state index is 0. The number of likely N-dealkylation sites (N-methyl/N-ethyl adjacent to an activating group) is 2. The second-order valence-electron chi connectivity index (χ2n) is 19.4. The second-order valence-corrected chi connectivity index (χ2v) is 19.4. The molecule has 7 heterocycles. The molecule has 385 valence electrons. The molecule has 0 amide bonds. The Labute approximate surface area is 453 Å². The van der Waals surface area contributed by atoms with Gasteiger partial charge in [-0.05, 0) is 151 Å². The van der Waals surface area contributed by atoms with Crippen molar-refractivity contribution in [3.63, 3.8) is 0 Å². The summed E-state index contributed by atoms with van der Waals surface area (Å²) in [6.45, 7) is 4.00. The molecule has 0 aliphatic carbocycles. The molecule has 0 bridgehead atoms. The molecule has 8 nitrogen and oxygen atoms in total. The predicted molar refractivity (Wildman–Crippen MR) is 290 cm³/mol. The first kappa shape index (κ1) is 50.1. The molecule has 0 saturated carbocycles. The number of fused-ring (bicyclic) bond motifs is 13. The van der Waals surface area contributed by atoms with Crippen LogP contribution in [-0.4, -0.2) is 37.5 Å². The number of benzene rings is 8. The van der Waals surface area contributed by atoms with Gasteiger partial charge in [-0.15, -0.1) is 30.6 Å². The summed E-state index contributed by atoms with van der Waals surface area (Å²) in [7, 11) is 4.15. The largest absolute Gasteiger partial charge is 0.500 e. The number of aryl methyl sites for hydroxylation is 1. The van der Waals surface area contributed by atoms with E-state index in [1.54, 1.807) is 42.5 Å². The van der Waals surface area contributed by atoms with Gasteiger partial charge in [-0.2, -0.15) is 6.07 Å². The molecule has 8 aromatic rings. The van der Waals surface area contributed by atoms with Gasteiger partial charge in [0.05, 0.1) is 22.7 Å². The molecule has 76 heavy (non-hydrogen) atoms. The van der Waals surface area contributed by atoms with Crippen LogP contribution in [0.2, 0.25) is 0 Å². The maximum Gasteiger partial charge on any atom is 0.123 e. The van der Waals surface area contributed by atoms with Gasteiger partial charge in [0.25, 0.3) is 0 Å². The minimum atomic E-state index is -0.276. The fourth-order valence-corrected chi connectivity index (χ4v) is 11.1. The normalized spacial score (nSPS) is 18.0. The Morgan fingerprint density at radius 2 is 0.921 bits per heavy atom. The average Bonchev–Trinajstić information content (AvgIpc) is 4.31. The number of hydrogen-bond donors (Lipinski definition) is 0. The van der Waals surface area contributed by atoms with E-state index in [1.165, 1.54) is 53.3 Å². The van der Waals surface area contributed by atoms with Crippen LogP contribution < -0.4 is 34.3 Å². The van der Waals surface area contributed by atoms with Crippen LogP contribution in [0.15, 0.2) is 195 Å². The average molecular weight is 1200 g/mol. The van der Waals surface area contributed by atoms with E-state index in [2.05, 4.69) is 123 Å². The van der Waals surface area contributed by atoms with Gasteiger partial charge >= 0.3 is 0 Å². The quantitative estimate of drug-likeness (QED) is 0.128. The molecule has 15 rings (SSSR count). The number of hydrogen-bond acceptors (Lipinski definition) is 8. The number of nitrogens with zero attached hydrogens (tertiary/aromatic N) is 8. The van der Waals surface area contributed by atoms with Gasteiger partial charge in [-0.3, -0.25) is 4.39 Å². The molecule has 3 atom stereocenters. The van der Waals surface area contributed by atoms with E-state index in [1.807, 2.05) is 66.2 Å². The van der Waals surface area contributed by atoms with E-state index in [-0.39, 0.29) is 55.4 Å². The van der Waals surface area contributed by atoms with Gasteiger partial charge in [-0.25, -0.2) is 17.6 Å². The Bertz CT molecular complexity index is 3420. The zero-order valence-corrected chi connectivity index (χ0v) is 44.1. The summed E-state index contributed by atoms with van der Waals surface area (Å²) < 4.78 is 66.1. The molecule has 1 radical (unpaired) electrons. The molecule has 14 heteroatoms. The van der Waals surface area contributed by atoms with Crippen molar-refractivity contribution in [1.29, 1.82) is 0 Å². The first-order chi connectivity index (χ1) is 36.4. The third kappa shape index (κ3) is 9.30. The van der Waals surface area contributed by atoms with E-state index in [9.17, 15) is 22.0 Å². The SMILES string of the molecule is CN1C=CN2c3ccc(F)cc3CC12.CN1c2ccccc2N2c3ccc(F)cc3CC12.Cc1ccc(N2C=CN(c3[c-]cc(F)cc3)[CH-]2)cc1.Fc1ccc(N2c3ccccc3N3c4ccc(F)cc4CC23)cc1.[Ir]. The molecule has 3 unspecified atom stereocenters. The summed E-state index contributed by atoms with van der Waals surface area (Å²) in [5, 5.41) is 0. The second kappa shape index (κ2) is 20.6. The Kier molecular flexibility index (Phi) is 13.6. The molecular weight excluding hydrogens is 1140 g/mol. The predicted octanol–water partition coefficient (Wildman–Crippen LogP) is 14.2. The fraction of sp³-hybridized carbons (Fsp3) is 0.145. The Balaban J connectivity index is 0.000000109. The monoisotopic (exact) mass is 1200 g/mol. The van der Waals surface area contributed by atoms with Crippen LogP contribution in [-0.2, 0) is 39.4 Å². The van der Waals surface area contributed by atoms with Crippen molar-refractivity contribution in [2.24, 2.45) is 0 Å². The van der Waals surface area contributed by atoms with E-state index in [0.717, 1.165) is 81.5 Å². The fourth-order valence-electron chi connectivity index (χ4n) is 11.1. The third-order valence-corrected chi connectivity index (χ3v) is 14.8. The van der Waals surface area contributed by atoms with Crippen LogP contribution in [0.3, 0.4) is 0 Å². The van der Waals surface area contributed by atoms with Gasteiger partial charge in [0.1, 0.15) is 41.8 Å². The van der Waals surface area contributed by atoms with Crippen molar-refractivity contribution in [2.45, 2.75) is 44.7 Å². The third-order valence-electron chi connectivity index (χ3n) is 14.8.